The van der Waals surface area contributed by atoms with Gasteiger partial charge >= 0.3 is 0 Å². The van der Waals surface area contributed by atoms with Crippen molar-refractivity contribution in [2.24, 2.45) is 0 Å². The molecule has 0 aliphatic carbocycles. The van der Waals surface area contributed by atoms with Gasteiger partial charge in [-0.2, -0.15) is 5.26 Å². The summed E-state index contributed by atoms with van der Waals surface area (Å²) in [4.78, 5) is 13.3. The minimum absolute atomic E-state index is 0.0512. The number of carbonyl (C=O) groups is 1. The van der Waals surface area contributed by atoms with Crippen LogP contribution in [0.5, 0.6) is 5.75 Å². The summed E-state index contributed by atoms with van der Waals surface area (Å²) in [5.41, 5.74) is 2.52. The molecule has 0 N–H and O–H groups in total. The second-order valence-electron chi connectivity index (χ2n) is 7.35. The van der Waals surface area contributed by atoms with E-state index in [2.05, 4.69) is 11.1 Å². The van der Waals surface area contributed by atoms with Gasteiger partial charge in [0, 0.05) is 29.4 Å². The SMILES string of the molecule is CCOc1ccccc1CC(=O)N1CCCCN1c1ccc(C#N)c2ccccc12. The fourth-order valence-corrected chi connectivity index (χ4v) is 4.08. The molecular formula is C25H25N3O2. The highest BCUT2D eigenvalue weighted by atomic mass is 16.5. The highest BCUT2D eigenvalue weighted by Gasteiger charge is 2.27. The van der Waals surface area contributed by atoms with Crippen molar-refractivity contribution in [2.45, 2.75) is 26.2 Å². The number of anilines is 1. The average Bonchev–Trinajstić information content (AvgIpc) is 2.80. The lowest BCUT2D eigenvalue weighted by atomic mass is 10.0. The van der Waals surface area contributed by atoms with Gasteiger partial charge in [0.25, 0.3) is 0 Å². The van der Waals surface area contributed by atoms with Crippen LogP contribution in [0, 0.1) is 11.3 Å². The van der Waals surface area contributed by atoms with E-state index in [1.807, 2.05) is 72.6 Å². The summed E-state index contributed by atoms with van der Waals surface area (Å²) < 4.78 is 5.70. The molecule has 1 heterocycles. The Balaban J connectivity index is 1.67. The van der Waals surface area contributed by atoms with Crippen molar-refractivity contribution in [3.8, 4) is 11.8 Å². The van der Waals surface area contributed by atoms with Gasteiger partial charge < -0.3 is 4.74 Å². The standard InChI is InChI=1S/C25H25N3O2/c1-2-30-24-12-6-3-9-19(24)17-25(29)28-16-8-7-15-27(28)23-14-13-20(18-26)21-10-4-5-11-22(21)23/h3-6,9-14H,2,7-8,15-17H2,1H3. The van der Waals surface area contributed by atoms with Crippen LogP contribution in [-0.2, 0) is 11.2 Å². The molecule has 0 saturated carbocycles. The summed E-state index contributed by atoms with van der Waals surface area (Å²) in [5, 5.41) is 15.3. The molecule has 0 unspecified atom stereocenters. The number of nitrogens with zero attached hydrogens (tertiary/aromatic N) is 3. The summed E-state index contributed by atoms with van der Waals surface area (Å²) in [6.45, 7) is 3.97. The van der Waals surface area contributed by atoms with E-state index >= 15 is 0 Å². The van der Waals surface area contributed by atoms with E-state index in [1.165, 1.54) is 0 Å². The van der Waals surface area contributed by atoms with Gasteiger partial charge in [0.05, 0.1) is 30.3 Å². The molecular weight excluding hydrogens is 374 g/mol. The number of benzene rings is 3. The predicted molar refractivity (Wildman–Crippen MR) is 118 cm³/mol. The number of para-hydroxylation sites is 1. The molecule has 30 heavy (non-hydrogen) atoms. The van der Waals surface area contributed by atoms with Crippen LogP contribution >= 0.6 is 0 Å². The number of amides is 1. The largest absolute Gasteiger partial charge is 0.494 e. The van der Waals surface area contributed by atoms with E-state index < -0.39 is 0 Å². The van der Waals surface area contributed by atoms with Crippen molar-refractivity contribution < 1.29 is 9.53 Å². The Labute approximate surface area is 177 Å². The van der Waals surface area contributed by atoms with E-state index in [0.29, 0.717) is 25.1 Å². The number of rotatable bonds is 5. The molecule has 0 radical (unpaired) electrons. The second-order valence-corrected chi connectivity index (χ2v) is 7.35. The van der Waals surface area contributed by atoms with Crippen molar-refractivity contribution in [1.82, 2.24) is 5.01 Å². The third kappa shape index (κ3) is 3.81. The monoisotopic (exact) mass is 399 g/mol. The van der Waals surface area contributed by atoms with Gasteiger partial charge in [0.1, 0.15) is 5.75 Å². The highest BCUT2D eigenvalue weighted by Crippen LogP contribution is 2.32. The maximum Gasteiger partial charge on any atom is 0.245 e. The number of carbonyl (C=O) groups excluding carboxylic acids is 1. The molecule has 1 aliphatic heterocycles. The fraction of sp³-hybridized carbons (Fsp3) is 0.280. The molecule has 3 aromatic carbocycles. The quantitative estimate of drug-likeness (QED) is 0.624. The second kappa shape index (κ2) is 8.87. The van der Waals surface area contributed by atoms with Gasteiger partial charge in [0.2, 0.25) is 5.91 Å². The van der Waals surface area contributed by atoms with Gasteiger partial charge in [0.15, 0.2) is 0 Å². The normalized spacial score (nSPS) is 13.9. The first-order valence-corrected chi connectivity index (χ1v) is 10.4. The molecule has 1 saturated heterocycles. The Morgan fingerprint density at radius 3 is 2.53 bits per heavy atom. The van der Waals surface area contributed by atoms with E-state index in [1.54, 1.807) is 0 Å². The zero-order valence-corrected chi connectivity index (χ0v) is 17.2. The van der Waals surface area contributed by atoms with Gasteiger partial charge in [-0.15, -0.1) is 0 Å². The first-order valence-electron chi connectivity index (χ1n) is 10.4. The maximum absolute atomic E-state index is 13.3. The van der Waals surface area contributed by atoms with Crippen molar-refractivity contribution in [1.29, 1.82) is 5.26 Å². The molecule has 1 amide bonds. The zero-order chi connectivity index (χ0) is 20.9. The lowest BCUT2D eigenvalue weighted by Gasteiger charge is -2.41. The molecule has 0 atom stereocenters. The zero-order valence-electron chi connectivity index (χ0n) is 17.2. The first kappa shape index (κ1) is 19.8. The Hall–Kier alpha value is -3.52. The Kier molecular flexibility index (Phi) is 5.85. The fourth-order valence-electron chi connectivity index (χ4n) is 4.08. The molecule has 5 nitrogen and oxygen atoms in total. The van der Waals surface area contributed by atoms with Crippen LogP contribution in [-0.4, -0.2) is 30.6 Å². The molecule has 5 heteroatoms. The number of hydrogen-bond donors (Lipinski definition) is 0. The molecule has 0 bridgehead atoms. The predicted octanol–water partition coefficient (Wildman–Crippen LogP) is 4.70. The number of nitriles is 1. The lowest BCUT2D eigenvalue weighted by Crippen LogP contribution is -2.51. The van der Waals surface area contributed by atoms with E-state index in [0.717, 1.165) is 47.2 Å². The number of ether oxygens (including phenoxy) is 1. The van der Waals surface area contributed by atoms with Crippen LogP contribution in [0.3, 0.4) is 0 Å². The van der Waals surface area contributed by atoms with Crippen LogP contribution in [0.1, 0.15) is 30.9 Å². The summed E-state index contributed by atoms with van der Waals surface area (Å²) >= 11 is 0. The summed E-state index contributed by atoms with van der Waals surface area (Å²) in [7, 11) is 0. The van der Waals surface area contributed by atoms with Crippen molar-refractivity contribution >= 4 is 22.4 Å². The molecule has 152 valence electrons. The van der Waals surface area contributed by atoms with E-state index in [9.17, 15) is 10.1 Å². The number of fused-ring (bicyclic) bond motifs is 1. The molecule has 0 spiro atoms. The van der Waals surface area contributed by atoms with Crippen LogP contribution in [0.4, 0.5) is 5.69 Å². The first-order chi connectivity index (χ1) is 14.7. The van der Waals surface area contributed by atoms with E-state index in [-0.39, 0.29) is 5.91 Å². The van der Waals surface area contributed by atoms with Crippen LogP contribution in [0.25, 0.3) is 10.8 Å². The number of hydrazine groups is 1. The number of hydrogen-bond acceptors (Lipinski definition) is 4. The van der Waals surface area contributed by atoms with Crippen LogP contribution < -0.4 is 9.75 Å². The van der Waals surface area contributed by atoms with Gasteiger partial charge in [-0.05, 0) is 38.0 Å². The van der Waals surface area contributed by atoms with Crippen molar-refractivity contribution in [3.63, 3.8) is 0 Å². The molecule has 0 aromatic heterocycles. The summed E-state index contributed by atoms with van der Waals surface area (Å²) in [5.74, 6) is 0.816. The minimum atomic E-state index is 0.0512. The molecule has 4 rings (SSSR count). The third-order valence-corrected chi connectivity index (χ3v) is 5.48. The van der Waals surface area contributed by atoms with Gasteiger partial charge in [-0.1, -0.05) is 42.5 Å². The smallest absolute Gasteiger partial charge is 0.245 e. The lowest BCUT2D eigenvalue weighted by molar-refractivity contribution is -0.132. The molecule has 1 aliphatic rings. The van der Waals surface area contributed by atoms with Crippen molar-refractivity contribution in [2.75, 3.05) is 24.7 Å². The van der Waals surface area contributed by atoms with Gasteiger partial charge in [-0.3, -0.25) is 14.8 Å². The van der Waals surface area contributed by atoms with Crippen LogP contribution in [0.2, 0.25) is 0 Å². The van der Waals surface area contributed by atoms with Crippen molar-refractivity contribution in [3.05, 3.63) is 71.8 Å². The summed E-state index contributed by atoms with van der Waals surface area (Å²) in [6.07, 6.45) is 2.29. The van der Waals surface area contributed by atoms with Crippen LogP contribution in [0.15, 0.2) is 60.7 Å². The Morgan fingerprint density at radius 1 is 1.00 bits per heavy atom. The molecule has 3 aromatic rings. The Bertz CT molecular complexity index is 1100. The average molecular weight is 399 g/mol. The maximum atomic E-state index is 13.3. The minimum Gasteiger partial charge on any atom is -0.494 e. The van der Waals surface area contributed by atoms with Gasteiger partial charge in [-0.25, -0.2) is 0 Å². The topological polar surface area (TPSA) is 56.6 Å². The Morgan fingerprint density at radius 2 is 1.73 bits per heavy atom. The summed E-state index contributed by atoms with van der Waals surface area (Å²) in [6, 6.07) is 21.7. The highest BCUT2D eigenvalue weighted by molar-refractivity contribution is 5.98. The van der Waals surface area contributed by atoms with E-state index in [4.69, 9.17) is 4.74 Å². The third-order valence-electron chi connectivity index (χ3n) is 5.48. The molecule has 1 fully saturated rings.